The summed E-state index contributed by atoms with van der Waals surface area (Å²) in [5, 5.41) is 19.1. The number of nitrogens with one attached hydrogen (secondary N) is 1. The van der Waals surface area contributed by atoms with Crippen LogP contribution in [-0.4, -0.2) is 55.0 Å². The summed E-state index contributed by atoms with van der Waals surface area (Å²) in [5.74, 6) is -0.162. The van der Waals surface area contributed by atoms with E-state index in [0.717, 1.165) is 0 Å². The molecule has 124 valence electrons. The number of anilines is 1. The summed E-state index contributed by atoms with van der Waals surface area (Å²) in [7, 11) is 1.80. The van der Waals surface area contributed by atoms with Gasteiger partial charge in [-0.25, -0.2) is 0 Å². The van der Waals surface area contributed by atoms with Crippen LogP contribution in [0.1, 0.15) is 6.92 Å². The molecule has 0 aliphatic carbocycles. The molecule has 9 nitrogen and oxygen atoms in total. The third-order valence-corrected chi connectivity index (χ3v) is 5.25. The van der Waals surface area contributed by atoms with Gasteiger partial charge in [0.15, 0.2) is 9.50 Å². The summed E-state index contributed by atoms with van der Waals surface area (Å²) < 4.78 is 7.14. The number of thioether (sulfide) groups is 2. The fourth-order valence-corrected chi connectivity index (χ4v) is 3.58. The van der Waals surface area contributed by atoms with Crippen LogP contribution in [0.15, 0.2) is 15.8 Å². The van der Waals surface area contributed by atoms with E-state index in [2.05, 4.69) is 25.7 Å². The van der Waals surface area contributed by atoms with E-state index in [1.54, 1.807) is 24.9 Å². The minimum atomic E-state index is -0.307. The van der Waals surface area contributed by atoms with Gasteiger partial charge in [0.1, 0.15) is 6.33 Å². The SMILES string of the molecule is CCOC(=O)CSc1nnc(NC(=O)CSc2nncn2C)s1. The van der Waals surface area contributed by atoms with Crippen LogP contribution >= 0.6 is 34.9 Å². The van der Waals surface area contributed by atoms with Crippen LogP contribution in [0.3, 0.4) is 0 Å². The van der Waals surface area contributed by atoms with E-state index in [4.69, 9.17) is 4.74 Å². The molecule has 0 spiro atoms. The second-order valence-corrected chi connectivity index (χ2v) is 7.17. The highest BCUT2D eigenvalue weighted by Crippen LogP contribution is 2.25. The van der Waals surface area contributed by atoms with Crippen molar-refractivity contribution >= 4 is 51.9 Å². The lowest BCUT2D eigenvalue weighted by atomic mass is 10.7. The zero-order chi connectivity index (χ0) is 16.7. The maximum Gasteiger partial charge on any atom is 0.316 e. The Bertz CT molecular complexity index is 674. The predicted octanol–water partition coefficient (Wildman–Crippen LogP) is 1.05. The molecule has 0 radical (unpaired) electrons. The van der Waals surface area contributed by atoms with Crippen molar-refractivity contribution in [2.24, 2.45) is 7.05 Å². The van der Waals surface area contributed by atoms with Crippen molar-refractivity contribution in [2.75, 3.05) is 23.4 Å². The molecule has 1 amide bonds. The molecule has 2 aromatic rings. The molecule has 0 aromatic carbocycles. The Morgan fingerprint density at radius 1 is 1.30 bits per heavy atom. The molecular formula is C11H14N6O3S3. The van der Waals surface area contributed by atoms with E-state index in [9.17, 15) is 9.59 Å². The first kappa shape index (κ1) is 17.7. The Balaban J connectivity index is 1.76. The zero-order valence-corrected chi connectivity index (χ0v) is 14.8. The molecule has 1 N–H and O–H groups in total. The molecule has 2 heterocycles. The van der Waals surface area contributed by atoms with Gasteiger partial charge in [-0.2, -0.15) is 0 Å². The average Bonchev–Trinajstić information content (AvgIpc) is 3.12. The zero-order valence-electron chi connectivity index (χ0n) is 12.4. The highest BCUT2D eigenvalue weighted by molar-refractivity contribution is 8.01. The van der Waals surface area contributed by atoms with Crippen molar-refractivity contribution < 1.29 is 14.3 Å². The van der Waals surface area contributed by atoms with Crippen molar-refractivity contribution in [1.29, 1.82) is 0 Å². The van der Waals surface area contributed by atoms with Crippen molar-refractivity contribution in [3.63, 3.8) is 0 Å². The third kappa shape index (κ3) is 5.80. The maximum absolute atomic E-state index is 11.8. The van der Waals surface area contributed by atoms with Crippen molar-refractivity contribution in [2.45, 2.75) is 16.4 Å². The van der Waals surface area contributed by atoms with E-state index in [1.165, 1.54) is 34.9 Å². The molecule has 0 fully saturated rings. The Kier molecular flexibility index (Phi) is 6.80. The minimum absolute atomic E-state index is 0.165. The molecule has 0 bridgehead atoms. The molecule has 0 aliphatic rings. The number of esters is 1. The summed E-state index contributed by atoms with van der Waals surface area (Å²) in [6.07, 6.45) is 1.57. The van der Waals surface area contributed by atoms with E-state index in [1.807, 2.05) is 0 Å². The number of carbonyl (C=O) groups is 2. The average molecular weight is 374 g/mol. The predicted molar refractivity (Wildman–Crippen MR) is 87.6 cm³/mol. The van der Waals surface area contributed by atoms with Gasteiger partial charge in [0.25, 0.3) is 0 Å². The van der Waals surface area contributed by atoms with Crippen LogP contribution in [0.5, 0.6) is 0 Å². The molecule has 12 heteroatoms. The first-order chi connectivity index (χ1) is 11.1. The van der Waals surface area contributed by atoms with Gasteiger partial charge in [-0.05, 0) is 6.92 Å². The topological polar surface area (TPSA) is 112 Å². The molecule has 2 rings (SSSR count). The van der Waals surface area contributed by atoms with Crippen LogP contribution in [0, 0.1) is 0 Å². The molecular weight excluding hydrogens is 360 g/mol. The van der Waals surface area contributed by atoms with E-state index in [0.29, 0.717) is 21.2 Å². The lowest BCUT2D eigenvalue weighted by molar-refractivity contribution is -0.139. The summed E-state index contributed by atoms with van der Waals surface area (Å²) >= 11 is 3.70. The van der Waals surface area contributed by atoms with Crippen LogP contribution < -0.4 is 5.32 Å². The van der Waals surface area contributed by atoms with E-state index in [-0.39, 0.29) is 23.4 Å². The second-order valence-electron chi connectivity index (χ2n) is 4.03. The standard InChI is InChI=1S/C11H14N6O3S3/c1-3-20-8(19)5-22-11-16-14-9(23-11)13-7(18)4-21-10-15-12-6-17(10)2/h6H,3-5H2,1-2H3,(H,13,14,18). The molecule has 2 aromatic heterocycles. The number of hydrogen-bond acceptors (Lipinski definition) is 10. The molecule has 0 unspecified atom stereocenters. The van der Waals surface area contributed by atoms with E-state index >= 15 is 0 Å². The number of aryl methyl sites for hydroxylation is 1. The highest BCUT2D eigenvalue weighted by atomic mass is 32.2. The van der Waals surface area contributed by atoms with Gasteiger partial charge in [0.2, 0.25) is 11.0 Å². The fourth-order valence-electron chi connectivity index (χ4n) is 1.33. The van der Waals surface area contributed by atoms with Gasteiger partial charge >= 0.3 is 5.97 Å². The minimum Gasteiger partial charge on any atom is -0.465 e. The van der Waals surface area contributed by atoms with Crippen LogP contribution in [0.25, 0.3) is 0 Å². The summed E-state index contributed by atoms with van der Waals surface area (Å²) in [5.41, 5.74) is 0. The van der Waals surface area contributed by atoms with Gasteiger partial charge in [-0.1, -0.05) is 34.9 Å². The Morgan fingerprint density at radius 2 is 2.13 bits per heavy atom. The lowest BCUT2D eigenvalue weighted by Crippen LogP contribution is -2.14. The summed E-state index contributed by atoms with van der Waals surface area (Å²) in [4.78, 5) is 23.1. The quantitative estimate of drug-likeness (QED) is 0.411. The fraction of sp³-hybridized carbons (Fsp3) is 0.455. The number of nitrogens with zero attached hydrogens (tertiary/aromatic N) is 5. The number of hydrogen-bond donors (Lipinski definition) is 1. The van der Waals surface area contributed by atoms with Crippen LogP contribution in [0.4, 0.5) is 5.13 Å². The number of aromatic nitrogens is 5. The normalized spacial score (nSPS) is 10.5. The first-order valence-corrected chi connectivity index (χ1v) is 9.25. The van der Waals surface area contributed by atoms with Crippen molar-refractivity contribution in [3.8, 4) is 0 Å². The van der Waals surface area contributed by atoms with Crippen molar-refractivity contribution in [3.05, 3.63) is 6.33 Å². The molecule has 23 heavy (non-hydrogen) atoms. The third-order valence-electron chi connectivity index (χ3n) is 2.27. The molecule has 0 aliphatic heterocycles. The maximum atomic E-state index is 11.8. The Morgan fingerprint density at radius 3 is 2.83 bits per heavy atom. The van der Waals surface area contributed by atoms with Crippen LogP contribution in [-0.2, 0) is 21.4 Å². The number of rotatable bonds is 8. The van der Waals surface area contributed by atoms with Gasteiger partial charge in [0, 0.05) is 7.05 Å². The number of carbonyl (C=O) groups excluding carboxylic acids is 2. The monoisotopic (exact) mass is 374 g/mol. The smallest absolute Gasteiger partial charge is 0.316 e. The van der Waals surface area contributed by atoms with Crippen molar-refractivity contribution in [1.82, 2.24) is 25.0 Å². The highest BCUT2D eigenvalue weighted by Gasteiger charge is 2.12. The Hall–Kier alpha value is -1.66. The number of ether oxygens (including phenoxy) is 1. The lowest BCUT2D eigenvalue weighted by Gasteiger charge is -2.00. The van der Waals surface area contributed by atoms with Gasteiger partial charge in [0.05, 0.1) is 18.1 Å². The largest absolute Gasteiger partial charge is 0.465 e. The van der Waals surface area contributed by atoms with E-state index < -0.39 is 0 Å². The van der Waals surface area contributed by atoms with Gasteiger partial charge in [-0.3, -0.25) is 14.9 Å². The van der Waals surface area contributed by atoms with Gasteiger partial charge in [-0.15, -0.1) is 20.4 Å². The first-order valence-electron chi connectivity index (χ1n) is 6.47. The Labute approximate surface area is 144 Å². The summed E-state index contributed by atoms with van der Waals surface area (Å²) in [6.45, 7) is 2.10. The molecule has 0 saturated carbocycles. The summed E-state index contributed by atoms with van der Waals surface area (Å²) in [6, 6.07) is 0. The second kappa shape index (κ2) is 8.84. The van der Waals surface area contributed by atoms with Gasteiger partial charge < -0.3 is 9.30 Å². The molecule has 0 saturated heterocycles. The van der Waals surface area contributed by atoms with Crippen LogP contribution in [0.2, 0.25) is 0 Å². The number of amides is 1. The molecule has 0 atom stereocenters.